The molecule has 0 radical (unpaired) electrons. The number of aryl methyl sites for hydroxylation is 1. The summed E-state index contributed by atoms with van der Waals surface area (Å²) in [6, 6.07) is 11.7. The first-order chi connectivity index (χ1) is 26.1. The van der Waals surface area contributed by atoms with Gasteiger partial charge in [-0.25, -0.2) is 4.72 Å². The van der Waals surface area contributed by atoms with E-state index in [0.29, 0.717) is 31.1 Å². The van der Waals surface area contributed by atoms with E-state index in [1.165, 1.54) is 16.3 Å². The zero-order valence-electron chi connectivity index (χ0n) is 31.3. The third-order valence-corrected chi connectivity index (χ3v) is 13.1. The molecule has 8 rings (SSSR count). The van der Waals surface area contributed by atoms with Crippen LogP contribution in [0.1, 0.15) is 82.0 Å². The molecule has 14 heteroatoms. The Labute approximate surface area is 316 Å². The Morgan fingerprint density at radius 3 is 2.48 bits per heavy atom. The molecule has 0 unspecified atom stereocenters. The van der Waals surface area contributed by atoms with Crippen molar-refractivity contribution in [1.82, 2.24) is 33.2 Å². The molecule has 4 aromatic rings. The van der Waals surface area contributed by atoms with Crippen molar-refractivity contribution in [2.75, 3.05) is 66.6 Å². The summed E-state index contributed by atoms with van der Waals surface area (Å²) in [6.45, 7) is 4.41. The summed E-state index contributed by atoms with van der Waals surface area (Å²) in [5, 5.41) is 5.68. The fourth-order valence-corrected chi connectivity index (χ4v) is 9.86. The molecule has 2 amide bonds. The van der Waals surface area contributed by atoms with Crippen molar-refractivity contribution in [1.29, 1.82) is 0 Å². The third-order valence-electron chi connectivity index (χ3n) is 11.6. The largest absolute Gasteiger partial charge is 0.497 e. The quantitative estimate of drug-likeness (QED) is 0.287. The lowest BCUT2D eigenvalue weighted by molar-refractivity contribution is 0.0719. The van der Waals surface area contributed by atoms with Gasteiger partial charge in [0.15, 0.2) is 0 Å². The fraction of sp³-hybridized carbons (Fsp3) is 0.475. The van der Waals surface area contributed by atoms with Crippen LogP contribution in [0.5, 0.6) is 5.75 Å². The smallest absolute Gasteiger partial charge is 0.304 e. The number of methoxy groups -OCH3 is 1. The number of likely N-dealkylation sites (N-methyl/N-ethyl adjacent to an activating group) is 1. The van der Waals surface area contributed by atoms with Crippen LogP contribution in [0.4, 0.5) is 0 Å². The molecule has 13 nitrogen and oxygen atoms in total. The summed E-state index contributed by atoms with van der Waals surface area (Å²) >= 11 is 0. The first-order valence-corrected chi connectivity index (χ1v) is 20.5. The SMILES string of the molecule is COc1ccc2c(c1)C=C(c1c(C(=O)N3CCCN(C)CC3)cnn1C)Cn1c-2c(C2CCCCC2)c2ccc(C(=O)NS(=O)(=O)N3CCOCC3)cc21. The molecule has 3 fully saturated rings. The maximum atomic E-state index is 14.3. The molecule has 0 atom stereocenters. The fourth-order valence-electron chi connectivity index (χ4n) is 8.75. The maximum absolute atomic E-state index is 14.3. The average molecular weight is 756 g/mol. The lowest BCUT2D eigenvalue weighted by atomic mass is 9.81. The first-order valence-electron chi connectivity index (χ1n) is 19.1. The van der Waals surface area contributed by atoms with E-state index >= 15 is 0 Å². The van der Waals surface area contributed by atoms with Gasteiger partial charge >= 0.3 is 10.2 Å². The Balaban J connectivity index is 1.28. The summed E-state index contributed by atoms with van der Waals surface area (Å²) < 4.78 is 45.1. The van der Waals surface area contributed by atoms with Gasteiger partial charge in [-0.3, -0.25) is 14.3 Å². The highest BCUT2D eigenvalue weighted by Gasteiger charge is 2.33. The van der Waals surface area contributed by atoms with Crippen LogP contribution in [-0.4, -0.2) is 115 Å². The molecule has 286 valence electrons. The maximum Gasteiger partial charge on any atom is 0.304 e. The standard InChI is InChI=1S/C40H49N7O6S/c1-43-14-7-15-45(17-16-43)40(49)34-25-41-44(2)37(34)30-22-29-23-31(52-3)11-13-32(29)38-36(27-8-5-4-6-9-27)33-12-10-28(24-35(33)47(38)26-30)39(48)42-54(50,51)46-18-20-53-21-19-46/h10-13,22-25,27H,4-9,14-21,26H2,1-3H3,(H,42,48). The molecule has 1 saturated carbocycles. The van der Waals surface area contributed by atoms with E-state index in [0.717, 1.165) is 89.9 Å². The highest BCUT2D eigenvalue weighted by atomic mass is 32.2. The van der Waals surface area contributed by atoms with Crippen molar-refractivity contribution in [3.05, 3.63) is 70.5 Å². The van der Waals surface area contributed by atoms with Crippen molar-refractivity contribution >= 4 is 44.6 Å². The lowest BCUT2D eigenvalue weighted by Crippen LogP contribution is -2.48. The lowest BCUT2D eigenvalue weighted by Gasteiger charge is -2.25. The first kappa shape index (κ1) is 36.5. The van der Waals surface area contributed by atoms with Gasteiger partial charge in [-0.15, -0.1) is 0 Å². The number of rotatable bonds is 7. The van der Waals surface area contributed by atoms with Crippen LogP contribution in [0, 0.1) is 0 Å². The second-order valence-electron chi connectivity index (χ2n) is 15.0. The van der Waals surface area contributed by atoms with E-state index in [1.54, 1.807) is 24.1 Å². The van der Waals surface area contributed by atoms with Gasteiger partial charge < -0.3 is 23.8 Å². The van der Waals surface area contributed by atoms with Gasteiger partial charge in [0.05, 0.1) is 50.0 Å². The highest BCUT2D eigenvalue weighted by Crippen LogP contribution is 2.48. The molecule has 4 aliphatic rings. The Bertz CT molecular complexity index is 2230. The van der Waals surface area contributed by atoms with Crippen LogP contribution in [0.15, 0.2) is 42.6 Å². The van der Waals surface area contributed by atoms with Gasteiger partial charge in [0, 0.05) is 61.8 Å². The molecule has 2 aromatic carbocycles. The summed E-state index contributed by atoms with van der Waals surface area (Å²) in [5.74, 6) is 0.314. The van der Waals surface area contributed by atoms with Crippen LogP contribution < -0.4 is 9.46 Å². The zero-order valence-corrected chi connectivity index (χ0v) is 32.2. The number of morpholine rings is 1. The average Bonchev–Trinajstić information content (AvgIpc) is 3.56. The van der Waals surface area contributed by atoms with Crippen LogP contribution in [0.2, 0.25) is 0 Å². The predicted molar refractivity (Wildman–Crippen MR) is 208 cm³/mol. The molecular weight excluding hydrogens is 707 g/mol. The number of benzene rings is 2. The molecule has 2 aromatic heterocycles. The second-order valence-corrected chi connectivity index (χ2v) is 16.6. The summed E-state index contributed by atoms with van der Waals surface area (Å²) in [6.07, 6.45) is 10.3. The molecule has 2 saturated heterocycles. The van der Waals surface area contributed by atoms with Gasteiger partial charge in [0.25, 0.3) is 11.8 Å². The number of ether oxygens (including phenoxy) is 2. The second kappa shape index (κ2) is 15.0. The number of nitrogens with zero attached hydrogens (tertiary/aromatic N) is 6. The van der Waals surface area contributed by atoms with E-state index in [-0.39, 0.29) is 37.8 Å². The van der Waals surface area contributed by atoms with E-state index in [4.69, 9.17) is 9.47 Å². The van der Waals surface area contributed by atoms with E-state index in [9.17, 15) is 18.0 Å². The number of fused-ring (bicyclic) bond motifs is 5. The number of aromatic nitrogens is 3. The summed E-state index contributed by atoms with van der Waals surface area (Å²) in [4.78, 5) is 32.2. The van der Waals surface area contributed by atoms with Crippen LogP contribution in [-0.2, 0) is 28.5 Å². The van der Waals surface area contributed by atoms with Crippen molar-refractivity contribution in [2.24, 2.45) is 7.05 Å². The van der Waals surface area contributed by atoms with E-state index < -0.39 is 16.1 Å². The van der Waals surface area contributed by atoms with Crippen molar-refractivity contribution < 1.29 is 27.5 Å². The van der Waals surface area contributed by atoms with Gasteiger partial charge in [0.1, 0.15) is 5.75 Å². The number of hydrogen-bond acceptors (Lipinski definition) is 8. The van der Waals surface area contributed by atoms with Gasteiger partial charge in [-0.2, -0.15) is 17.8 Å². The number of carbonyl (C=O) groups excluding carboxylic acids is 2. The zero-order chi connectivity index (χ0) is 37.6. The summed E-state index contributed by atoms with van der Waals surface area (Å²) in [5.41, 5.74) is 7.60. The van der Waals surface area contributed by atoms with Crippen molar-refractivity contribution in [3.63, 3.8) is 0 Å². The number of hydrogen-bond donors (Lipinski definition) is 1. The van der Waals surface area contributed by atoms with Crippen molar-refractivity contribution in [2.45, 2.75) is 51.0 Å². The number of amides is 2. The Morgan fingerprint density at radius 2 is 1.70 bits per heavy atom. The molecule has 0 bridgehead atoms. The Kier molecular flexibility index (Phi) is 10.1. The Hall–Kier alpha value is -4.50. The molecule has 54 heavy (non-hydrogen) atoms. The topological polar surface area (TPSA) is 131 Å². The number of allylic oxidation sites excluding steroid dienone is 1. The monoisotopic (exact) mass is 755 g/mol. The van der Waals surface area contributed by atoms with Gasteiger partial charge in [-0.1, -0.05) is 25.3 Å². The summed E-state index contributed by atoms with van der Waals surface area (Å²) in [7, 11) is 1.57. The third kappa shape index (κ3) is 6.84. The molecule has 0 spiro atoms. The molecule has 1 N–H and O–H groups in total. The molecular formula is C40H49N7O6S. The number of nitrogens with one attached hydrogen (secondary N) is 1. The van der Waals surface area contributed by atoms with E-state index in [1.807, 2.05) is 36.2 Å². The highest BCUT2D eigenvalue weighted by molar-refractivity contribution is 7.87. The molecule has 3 aliphatic heterocycles. The molecule has 5 heterocycles. The van der Waals surface area contributed by atoms with Crippen LogP contribution in [0.3, 0.4) is 0 Å². The Morgan fingerprint density at radius 1 is 0.907 bits per heavy atom. The van der Waals surface area contributed by atoms with E-state index in [2.05, 4.69) is 38.5 Å². The van der Waals surface area contributed by atoms with Gasteiger partial charge in [-0.05, 0) is 91.9 Å². The predicted octanol–water partition coefficient (Wildman–Crippen LogP) is 4.74. The minimum absolute atomic E-state index is 0.0367. The number of carbonyl (C=O) groups is 2. The van der Waals surface area contributed by atoms with Gasteiger partial charge in [0.2, 0.25) is 0 Å². The minimum atomic E-state index is -4.06. The molecule has 1 aliphatic carbocycles. The van der Waals surface area contributed by atoms with Crippen LogP contribution >= 0.6 is 0 Å². The normalized spacial score (nSPS) is 19.1. The minimum Gasteiger partial charge on any atom is -0.497 e. The van der Waals surface area contributed by atoms with Crippen LogP contribution in [0.25, 0.3) is 33.8 Å². The van der Waals surface area contributed by atoms with Crippen molar-refractivity contribution in [3.8, 4) is 17.0 Å².